The number of aromatic nitrogens is 2. The van der Waals surface area contributed by atoms with E-state index in [2.05, 4.69) is 6.07 Å². The van der Waals surface area contributed by atoms with Gasteiger partial charge in [-0.2, -0.15) is 5.26 Å². The van der Waals surface area contributed by atoms with Crippen LogP contribution in [0.3, 0.4) is 0 Å². The van der Waals surface area contributed by atoms with E-state index >= 15 is 0 Å². The number of ether oxygens (including phenoxy) is 2. The van der Waals surface area contributed by atoms with Crippen LogP contribution in [0.1, 0.15) is 35.3 Å². The first-order valence-electron chi connectivity index (χ1n) is 10.4. The topological polar surface area (TPSA) is 77.1 Å². The lowest BCUT2D eigenvalue weighted by Crippen LogP contribution is -2.25. The number of fused-ring (bicyclic) bond motifs is 3. The summed E-state index contributed by atoms with van der Waals surface area (Å²) in [5.74, 6) is 1.98. The number of benzene rings is 1. The molecule has 31 heavy (non-hydrogen) atoms. The summed E-state index contributed by atoms with van der Waals surface area (Å²) in [4.78, 5) is 20.6. The molecule has 1 aliphatic carbocycles. The molecule has 0 aliphatic heterocycles. The Kier molecular flexibility index (Phi) is 6.83. The number of methoxy groups -OCH3 is 2. The van der Waals surface area contributed by atoms with Crippen LogP contribution in [0.4, 0.5) is 0 Å². The zero-order chi connectivity index (χ0) is 21.8. The highest BCUT2D eigenvalue weighted by Gasteiger charge is 2.22. The number of hydrogen-bond acceptors (Lipinski definition) is 7. The van der Waals surface area contributed by atoms with Gasteiger partial charge in [0.15, 0.2) is 16.7 Å². The van der Waals surface area contributed by atoms with E-state index in [0.717, 1.165) is 35.0 Å². The van der Waals surface area contributed by atoms with Crippen molar-refractivity contribution in [2.24, 2.45) is 0 Å². The van der Waals surface area contributed by atoms with E-state index in [-0.39, 0.29) is 5.56 Å². The van der Waals surface area contributed by atoms with Gasteiger partial charge in [0.25, 0.3) is 5.56 Å². The maximum atomic E-state index is 13.6. The fourth-order valence-electron chi connectivity index (χ4n) is 3.99. The third kappa shape index (κ3) is 4.43. The standard InChI is InChI=1S/C23H25N3O3S2/c1-28-17-9-8-15(14-18(17)29-2)10-12-26-22(27)20-16-6-3-4-7-19(16)31-21(20)25-23(26)30-13-5-11-24/h8-9,14H,3-7,10,12-13H2,1-2H3. The smallest absolute Gasteiger partial charge is 0.263 e. The molecule has 0 unspecified atom stereocenters. The molecule has 0 fully saturated rings. The Balaban J connectivity index is 1.70. The van der Waals surface area contributed by atoms with Gasteiger partial charge in [-0.3, -0.25) is 9.36 Å². The summed E-state index contributed by atoms with van der Waals surface area (Å²) < 4.78 is 12.5. The van der Waals surface area contributed by atoms with E-state index in [0.29, 0.717) is 41.8 Å². The molecule has 0 radical (unpaired) electrons. The Morgan fingerprint density at radius 3 is 2.81 bits per heavy atom. The molecule has 162 valence electrons. The van der Waals surface area contributed by atoms with Crippen LogP contribution in [0.25, 0.3) is 10.2 Å². The number of aryl methyl sites for hydroxylation is 3. The summed E-state index contributed by atoms with van der Waals surface area (Å²) in [6.07, 6.45) is 5.40. The first kappa shape index (κ1) is 21.7. The molecular formula is C23H25N3O3S2. The van der Waals surface area contributed by atoms with Crippen LogP contribution in [-0.4, -0.2) is 29.5 Å². The fraction of sp³-hybridized carbons (Fsp3) is 0.435. The molecule has 1 aliphatic rings. The van der Waals surface area contributed by atoms with E-state index in [1.54, 1.807) is 30.1 Å². The second kappa shape index (κ2) is 9.75. The number of hydrogen-bond donors (Lipinski definition) is 0. The molecule has 6 nitrogen and oxygen atoms in total. The Morgan fingerprint density at radius 1 is 1.23 bits per heavy atom. The zero-order valence-electron chi connectivity index (χ0n) is 17.8. The number of thioether (sulfide) groups is 1. The van der Waals surface area contributed by atoms with Crippen LogP contribution < -0.4 is 15.0 Å². The predicted octanol–water partition coefficient (Wildman–Crippen LogP) is 4.60. The number of thiophene rings is 1. The lowest BCUT2D eigenvalue weighted by Gasteiger charge is -2.14. The summed E-state index contributed by atoms with van der Waals surface area (Å²) in [5, 5.41) is 10.4. The van der Waals surface area contributed by atoms with E-state index in [9.17, 15) is 4.79 Å². The molecule has 4 rings (SSSR count). The van der Waals surface area contributed by atoms with Gasteiger partial charge >= 0.3 is 0 Å². The number of rotatable bonds is 8. The molecule has 0 bridgehead atoms. The summed E-state index contributed by atoms with van der Waals surface area (Å²) in [7, 11) is 3.23. The normalized spacial score (nSPS) is 13.1. The van der Waals surface area contributed by atoms with Crippen LogP contribution in [0.2, 0.25) is 0 Å². The highest BCUT2D eigenvalue weighted by Crippen LogP contribution is 2.35. The third-order valence-corrected chi connectivity index (χ3v) is 7.72. The molecule has 0 saturated heterocycles. The van der Waals surface area contributed by atoms with Gasteiger partial charge in [-0.1, -0.05) is 17.8 Å². The summed E-state index contributed by atoms with van der Waals surface area (Å²) in [5.41, 5.74) is 2.31. The van der Waals surface area contributed by atoms with Crippen molar-refractivity contribution >= 4 is 33.3 Å². The quantitative estimate of drug-likeness (QED) is 0.281. The van der Waals surface area contributed by atoms with Crippen LogP contribution in [0.15, 0.2) is 28.2 Å². The average molecular weight is 456 g/mol. The Hall–Kier alpha value is -2.50. The second-order valence-electron chi connectivity index (χ2n) is 7.44. The minimum absolute atomic E-state index is 0.0457. The van der Waals surface area contributed by atoms with Gasteiger partial charge in [0, 0.05) is 23.6 Å². The van der Waals surface area contributed by atoms with Gasteiger partial charge in [-0.25, -0.2) is 4.98 Å². The first-order valence-corrected chi connectivity index (χ1v) is 12.2. The molecule has 0 N–H and O–H groups in total. The minimum atomic E-state index is 0.0457. The zero-order valence-corrected chi connectivity index (χ0v) is 19.4. The molecule has 3 aromatic rings. The molecule has 0 amide bonds. The molecule has 2 aromatic heterocycles. The van der Waals surface area contributed by atoms with Crippen LogP contribution >= 0.6 is 23.1 Å². The number of nitriles is 1. The van der Waals surface area contributed by atoms with Crippen LogP contribution in [-0.2, 0) is 25.8 Å². The van der Waals surface area contributed by atoms with Gasteiger partial charge in [-0.05, 0) is 55.4 Å². The monoisotopic (exact) mass is 455 g/mol. The fourth-order valence-corrected chi connectivity index (χ4v) is 6.16. The molecule has 0 saturated carbocycles. The molecule has 2 heterocycles. The van der Waals surface area contributed by atoms with Crippen LogP contribution in [0, 0.1) is 11.3 Å². The summed E-state index contributed by atoms with van der Waals surface area (Å²) >= 11 is 3.15. The van der Waals surface area contributed by atoms with Crippen LogP contribution in [0.5, 0.6) is 11.5 Å². The Morgan fingerprint density at radius 2 is 2.03 bits per heavy atom. The second-order valence-corrected chi connectivity index (χ2v) is 9.58. The average Bonchev–Trinajstić information content (AvgIpc) is 3.17. The van der Waals surface area contributed by atoms with Crippen molar-refractivity contribution in [3.05, 3.63) is 44.6 Å². The van der Waals surface area contributed by atoms with Gasteiger partial charge in [0.1, 0.15) is 4.83 Å². The lowest BCUT2D eigenvalue weighted by molar-refractivity contribution is 0.354. The van der Waals surface area contributed by atoms with Crippen molar-refractivity contribution in [2.75, 3.05) is 20.0 Å². The Bertz CT molecular complexity index is 1190. The maximum Gasteiger partial charge on any atom is 0.263 e. The largest absolute Gasteiger partial charge is 0.493 e. The van der Waals surface area contributed by atoms with Crippen molar-refractivity contribution < 1.29 is 9.47 Å². The Labute approximate surface area is 189 Å². The number of nitrogens with zero attached hydrogens (tertiary/aromatic N) is 3. The van der Waals surface area contributed by atoms with Gasteiger partial charge in [0.2, 0.25) is 0 Å². The van der Waals surface area contributed by atoms with Crippen molar-refractivity contribution in [3.8, 4) is 17.6 Å². The maximum absolute atomic E-state index is 13.6. The van der Waals surface area contributed by atoms with Crippen molar-refractivity contribution in [2.45, 2.75) is 50.2 Å². The molecule has 0 spiro atoms. The van der Waals surface area contributed by atoms with Gasteiger partial charge in [-0.15, -0.1) is 11.3 Å². The summed E-state index contributed by atoms with van der Waals surface area (Å²) in [6.45, 7) is 0.525. The minimum Gasteiger partial charge on any atom is -0.493 e. The van der Waals surface area contributed by atoms with E-state index in [1.165, 1.54) is 28.6 Å². The van der Waals surface area contributed by atoms with Gasteiger partial charge in [0.05, 0.1) is 25.7 Å². The SMILES string of the molecule is COc1ccc(CCn2c(SCCC#N)nc3sc4c(c3c2=O)CCCC4)cc1OC. The van der Waals surface area contributed by atoms with Gasteiger partial charge < -0.3 is 9.47 Å². The van der Waals surface area contributed by atoms with Crippen molar-refractivity contribution in [1.82, 2.24) is 9.55 Å². The predicted molar refractivity (Wildman–Crippen MR) is 125 cm³/mol. The van der Waals surface area contributed by atoms with Crippen molar-refractivity contribution in [1.29, 1.82) is 5.26 Å². The van der Waals surface area contributed by atoms with Crippen molar-refractivity contribution in [3.63, 3.8) is 0 Å². The highest BCUT2D eigenvalue weighted by molar-refractivity contribution is 7.99. The highest BCUT2D eigenvalue weighted by atomic mass is 32.2. The molecule has 8 heteroatoms. The third-order valence-electron chi connectivity index (χ3n) is 5.56. The molecular weight excluding hydrogens is 430 g/mol. The lowest BCUT2D eigenvalue weighted by atomic mass is 9.97. The van der Waals surface area contributed by atoms with E-state index < -0.39 is 0 Å². The molecule has 1 aromatic carbocycles. The van der Waals surface area contributed by atoms with E-state index in [4.69, 9.17) is 19.7 Å². The first-order chi connectivity index (χ1) is 15.2. The van der Waals surface area contributed by atoms with E-state index in [1.807, 2.05) is 18.2 Å². The summed E-state index contributed by atoms with van der Waals surface area (Å²) in [6, 6.07) is 8.00. The molecule has 0 atom stereocenters.